The summed E-state index contributed by atoms with van der Waals surface area (Å²) < 4.78 is 37.4. The van der Waals surface area contributed by atoms with Crippen molar-refractivity contribution >= 4 is 37.9 Å². The van der Waals surface area contributed by atoms with Gasteiger partial charge in [0.1, 0.15) is 18.6 Å². The molecular formula is C16H20N5O3S2+. The Morgan fingerprint density at radius 2 is 2.08 bits per heavy atom. The van der Waals surface area contributed by atoms with Crippen molar-refractivity contribution in [3.63, 3.8) is 0 Å². The number of aryl methyl sites for hydroxylation is 3. The molecular weight excluding hydrogens is 374 g/mol. The SMILES string of the molecule is Cn1cc[n+](CCCS(=O)(=O)O)c1C=NN=c1sc2ccccc2n1C. The third kappa shape index (κ3) is 4.26. The lowest BCUT2D eigenvalue weighted by molar-refractivity contribution is -0.697. The van der Waals surface area contributed by atoms with Crippen molar-refractivity contribution in [2.75, 3.05) is 5.75 Å². The molecule has 0 atom stereocenters. The van der Waals surface area contributed by atoms with Gasteiger partial charge < -0.3 is 4.57 Å². The van der Waals surface area contributed by atoms with Crippen LogP contribution in [0, 0.1) is 0 Å². The molecule has 0 spiro atoms. The molecule has 0 unspecified atom stereocenters. The van der Waals surface area contributed by atoms with Gasteiger partial charge in [-0.2, -0.15) is 8.42 Å². The van der Waals surface area contributed by atoms with E-state index in [1.54, 1.807) is 17.6 Å². The normalized spacial score (nSPS) is 13.3. The second kappa shape index (κ2) is 7.52. The van der Waals surface area contributed by atoms with E-state index in [0.717, 1.165) is 20.8 Å². The van der Waals surface area contributed by atoms with Crippen LogP contribution in [0.4, 0.5) is 0 Å². The first-order chi connectivity index (χ1) is 12.3. The van der Waals surface area contributed by atoms with Gasteiger partial charge in [0.05, 0.1) is 29.6 Å². The molecule has 1 N–H and O–H groups in total. The number of imidazole rings is 1. The van der Waals surface area contributed by atoms with Crippen molar-refractivity contribution in [1.29, 1.82) is 0 Å². The maximum atomic E-state index is 10.8. The van der Waals surface area contributed by atoms with Crippen molar-refractivity contribution in [3.8, 4) is 0 Å². The highest BCUT2D eigenvalue weighted by atomic mass is 32.2. The van der Waals surface area contributed by atoms with Crippen LogP contribution in [0.2, 0.25) is 0 Å². The van der Waals surface area contributed by atoms with Crippen molar-refractivity contribution in [3.05, 3.63) is 47.3 Å². The molecule has 0 radical (unpaired) electrons. The first kappa shape index (κ1) is 18.5. The number of thiazole rings is 1. The van der Waals surface area contributed by atoms with Crippen molar-refractivity contribution < 1.29 is 17.5 Å². The molecule has 8 nitrogen and oxygen atoms in total. The zero-order valence-electron chi connectivity index (χ0n) is 14.5. The maximum Gasteiger partial charge on any atom is 0.301 e. The minimum atomic E-state index is -3.94. The molecule has 26 heavy (non-hydrogen) atoms. The fourth-order valence-electron chi connectivity index (χ4n) is 2.62. The number of hydrogen-bond donors (Lipinski definition) is 1. The summed E-state index contributed by atoms with van der Waals surface area (Å²) in [5.41, 5.74) is 1.10. The molecule has 0 aliphatic heterocycles. The molecule has 0 saturated carbocycles. The first-order valence-electron chi connectivity index (χ1n) is 7.97. The Morgan fingerprint density at radius 3 is 2.81 bits per heavy atom. The molecule has 0 amide bonds. The van der Waals surface area contributed by atoms with Gasteiger partial charge >= 0.3 is 5.82 Å². The highest BCUT2D eigenvalue weighted by Crippen LogP contribution is 2.15. The second-order valence-corrected chi connectivity index (χ2v) is 8.44. The predicted molar refractivity (Wildman–Crippen MR) is 101 cm³/mol. The molecule has 0 bridgehead atoms. The highest BCUT2D eigenvalue weighted by molar-refractivity contribution is 7.85. The van der Waals surface area contributed by atoms with Gasteiger partial charge in [0.15, 0.2) is 0 Å². The lowest BCUT2D eigenvalue weighted by Crippen LogP contribution is -2.37. The van der Waals surface area contributed by atoms with E-state index >= 15 is 0 Å². The standard InChI is InChI=1S/C16H19N5O3S2/c1-19-9-10-21(8-5-11-26(22,23)24)15(19)12-17-18-16-20(2)13-6-3-4-7-14(13)25-16/h3-4,6-7,9-10,12H,5,8,11H2,1-2H3/p+1. The summed E-state index contributed by atoms with van der Waals surface area (Å²) in [5.74, 6) is 0.515. The summed E-state index contributed by atoms with van der Waals surface area (Å²) in [4.78, 5) is 0.787. The predicted octanol–water partition coefficient (Wildman–Crippen LogP) is 1.08. The molecule has 0 aliphatic rings. The average Bonchev–Trinajstić information content (AvgIpc) is 3.08. The minimum absolute atomic E-state index is 0.270. The number of rotatable bonds is 6. The van der Waals surface area contributed by atoms with E-state index in [0.29, 0.717) is 13.0 Å². The molecule has 0 fully saturated rings. The largest absolute Gasteiger partial charge is 0.318 e. The van der Waals surface area contributed by atoms with Gasteiger partial charge in [-0.05, 0) is 12.1 Å². The summed E-state index contributed by atoms with van der Waals surface area (Å²) in [7, 11) is -0.120. The van der Waals surface area contributed by atoms with Gasteiger partial charge in [0.25, 0.3) is 10.1 Å². The minimum Gasteiger partial charge on any atom is -0.318 e. The van der Waals surface area contributed by atoms with E-state index in [4.69, 9.17) is 4.55 Å². The fourth-order valence-corrected chi connectivity index (χ4v) is 4.09. The van der Waals surface area contributed by atoms with Crippen molar-refractivity contribution in [2.45, 2.75) is 13.0 Å². The summed E-state index contributed by atoms with van der Waals surface area (Å²) >= 11 is 1.56. The van der Waals surface area contributed by atoms with Crippen LogP contribution >= 0.6 is 11.3 Å². The summed E-state index contributed by atoms with van der Waals surface area (Å²) in [5, 5.41) is 8.51. The molecule has 0 aliphatic carbocycles. The molecule has 1 aromatic carbocycles. The number of nitrogens with zero attached hydrogens (tertiary/aromatic N) is 5. The number of para-hydroxylation sites is 1. The maximum absolute atomic E-state index is 10.8. The van der Waals surface area contributed by atoms with E-state index in [1.165, 1.54) is 0 Å². The first-order valence-corrected chi connectivity index (χ1v) is 10.4. The highest BCUT2D eigenvalue weighted by Gasteiger charge is 2.13. The lowest BCUT2D eigenvalue weighted by atomic mass is 10.3. The van der Waals surface area contributed by atoms with Gasteiger partial charge in [-0.3, -0.25) is 4.55 Å². The van der Waals surface area contributed by atoms with E-state index in [-0.39, 0.29) is 5.75 Å². The van der Waals surface area contributed by atoms with Crippen LogP contribution in [0.3, 0.4) is 0 Å². The van der Waals surface area contributed by atoms with Crippen LogP contribution in [-0.4, -0.2) is 34.1 Å². The van der Waals surface area contributed by atoms with Gasteiger partial charge in [-0.25, -0.2) is 9.13 Å². The number of aromatic nitrogens is 3. The van der Waals surface area contributed by atoms with Crippen LogP contribution < -0.4 is 9.37 Å². The van der Waals surface area contributed by atoms with Crippen LogP contribution in [0.5, 0.6) is 0 Å². The monoisotopic (exact) mass is 394 g/mol. The van der Waals surface area contributed by atoms with E-state index in [9.17, 15) is 8.42 Å². The van der Waals surface area contributed by atoms with Gasteiger partial charge in [0.2, 0.25) is 4.80 Å². The van der Waals surface area contributed by atoms with Gasteiger partial charge in [-0.1, -0.05) is 23.5 Å². The lowest BCUT2D eigenvalue weighted by Gasteiger charge is -1.98. The van der Waals surface area contributed by atoms with Crippen molar-refractivity contribution in [2.24, 2.45) is 24.3 Å². The zero-order valence-corrected chi connectivity index (χ0v) is 16.1. The van der Waals surface area contributed by atoms with Crippen LogP contribution in [0.25, 0.3) is 10.2 Å². The quantitative estimate of drug-likeness (QED) is 0.293. The molecule has 3 rings (SSSR count). The molecule has 138 valence electrons. The van der Waals surface area contributed by atoms with Crippen LogP contribution in [0.1, 0.15) is 12.2 Å². The topological polar surface area (TPSA) is 92.8 Å². The van der Waals surface area contributed by atoms with Crippen LogP contribution in [-0.2, 0) is 30.8 Å². The average molecular weight is 395 g/mol. The van der Waals surface area contributed by atoms with Gasteiger partial charge in [0, 0.05) is 13.5 Å². The fraction of sp³-hybridized carbons (Fsp3) is 0.312. The Kier molecular flexibility index (Phi) is 5.35. The Hall–Kier alpha value is -2.30. The molecule has 0 saturated heterocycles. The Balaban J connectivity index is 1.82. The van der Waals surface area contributed by atoms with E-state index in [2.05, 4.69) is 10.2 Å². The molecule has 2 heterocycles. The Bertz CT molecular complexity index is 1120. The van der Waals surface area contributed by atoms with E-state index in [1.807, 2.05) is 64.5 Å². The number of benzene rings is 1. The van der Waals surface area contributed by atoms with Gasteiger partial charge in [-0.15, -0.1) is 10.2 Å². The summed E-state index contributed by atoms with van der Waals surface area (Å²) in [6.07, 6.45) is 5.65. The van der Waals surface area contributed by atoms with Crippen LogP contribution in [0.15, 0.2) is 46.9 Å². The van der Waals surface area contributed by atoms with Crippen molar-refractivity contribution in [1.82, 2.24) is 9.13 Å². The van der Waals surface area contributed by atoms with E-state index < -0.39 is 10.1 Å². The Morgan fingerprint density at radius 1 is 1.31 bits per heavy atom. The zero-order chi connectivity index (χ0) is 18.7. The summed E-state index contributed by atoms with van der Waals surface area (Å²) in [6, 6.07) is 8.06. The number of fused-ring (bicyclic) bond motifs is 1. The molecule has 10 heteroatoms. The third-order valence-corrected chi connectivity index (χ3v) is 5.87. The third-order valence-electron chi connectivity index (χ3n) is 3.96. The summed E-state index contributed by atoms with van der Waals surface area (Å²) in [6.45, 7) is 0.457. The molecule has 3 aromatic rings. The molecule has 2 aromatic heterocycles. The Labute approximate surface area is 155 Å². The number of hydrogen-bond acceptors (Lipinski definition) is 5. The second-order valence-electron chi connectivity index (χ2n) is 5.86. The smallest absolute Gasteiger partial charge is 0.301 e.